The number of benzene rings is 1. The minimum Gasteiger partial charge on any atom is -0.478 e. The molecule has 0 aliphatic rings. The highest BCUT2D eigenvalue weighted by atomic mass is 35.5. The van der Waals surface area contributed by atoms with Crippen LogP contribution >= 0.6 is 11.6 Å². The van der Waals surface area contributed by atoms with Gasteiger partial charge in [-0.15, -0.1) is 0 Å². The maximum Gasteiger partial charge on any atom is 0.335 e. The summed E-state index contributed by atoms with van der Waals surface area (Å²) in [6.07, 6.45) is 0. The zero-order chi connectivity index (χ0) is 15.8. The van der Waals surface area contributed by atoms with Crippen LogP contribution in [0.15, 0.2) is 29.2 Å². The van der Waals surface area contributed by atoms with Gasteiger partial charge in [0.2, 0.25) is 0 Å². The molecule has 0 amide bonds. The second kappa shape index (κ2) is 5.50. The van der Waals surface area contributed by atoms with Crippen LogP contribution in [0.3, 0.4) is 0 Å². The van der Waals surface area contributed by atoms with Crippen molar-refractivity contribution >= 4 is 27.4 Å². The Balaban J connectivity index is 2.36. The molecule has 1 heterocycles. The molecule has 2 aromatic rings. The minimum absolute atomic E-state index is 0.0320. The zero-order valence-corrected chi connectivity index (χ0v) is 12.9. The maximum atomic E-state index is 12.4. The summed E-state index contributed by atoms with van der Waals surface area (Å²) in [5.74, 6) is -1.39. The van der Waals surface area contributed by atoms with Gasteiger partial charge in [0.15, 0.2) is 9.84 Å². The Kier molecular flexibility index (Phi) is 4.06. The standard InChI is InChI=1S/C13H13ClN2O4S/c1-8-11(12(14)16(2)15-8)7-21(19,20)10-5-3-9(4-6-10)13(17)18/h3-6H,7H2,1-2H3,(H,17,18). The maximum absolute atomic E-state index is 12.4. The smallest absolute Gasteiger partial charge is 0.335 e. The number of aromatic carboxylic acids is 1. The quantitative estimate of drug-likeness (QED) is 0.927. The molecule has 1 aromatic carbocycles. The number of aryl methyl sites for hydroxylation is 2. The van der Waals surface area contributed by atoms with E-state index in [1.54, 1.807) is 14.0 Å². The number of aromatic nitrogens is 2. The molecule has 1 aromatic heterocycles. The molecule has 0 fully saturated rings. The summed E-state index contributed by atoms with van der Waals surface area (Å²) in [4.78, 5) is 10.8. The molecule has 112 valence electrons. The molecule has 21 heavy (non-hydrogen) atoms. The first-order chi connectivity index (χ1) is 9.72. The van der Waals surface area contributed by atoms with Gasteiger partial charge in [-0.05, 0) is 31.2 Å². The van der Waals surface area contributed by atoms with E-state index >= 15 is 0 Å². The number of sulfone groups is 1. The number of carboxylic acid groups (broad SMARTS) is 1. The molecular weight excluding hydrogens is 316 g/mol. The molecule has 0 saturated carbocycles. The predicted octanol–water partition coefficient (Wildman–Crippen LogP) is 2.05. The molecule has 0 aliphatic heterocycles. The van der Waals surface area contributed by atoms with E-state index in [-0.39, 0.29) is 21.4 Å². The molecule has 0 saturated heterocycles. The van der Waals surface area contributed by atoms with Crippen LogP contribution in [-0.2, 0) is 22.6 Å². The van der Waals surface area contributed by atoms with Gasteiger partial charge >= 0.3 is 5.97 Å². The summed E-state index contributed by atoms with van der Waals surface area (Å²) < 4.78 is 26.1. The third kappa shape index (κ3) is 3.08. The second-order valence-electron chi connectivity index (χ2n) is 4.57. The van der Waals surface area contributed by atoms with E-state index in [1.807, 2.05) is 0 Å². The number of hydrogen-bond donors (Lipinski definition) is 1. The average molecular weight is 329 g/mol. The molecular formula is C13H13ClN2O4S. The summed E-state index contributed by atoms with van der Waals surface area (Å²) in [5, 5.41) is 13.2. The summed E-state index contributed by atoms with van der Waals surface area (Å²) in [6, 6.07) is 5.07. The van der Waals surface area contributed by atoms with Gasteiger partial charge < -0.3 is 5.11 Å². The summed E-state index contributed by atoms with van der Waals surface area (Å²) >= 11 is 6.03. The van der Waals surface area contributed by atoms with E-state index in [4.69, 9.17) is 16.7 Å². The van der Waals surface area contributed by atoms with Gasteiger partial charge in [0, 0.05) is 12.6 Å². The SMILES string of the molecule is Cc1nn(C)c(Cl)c1CS(=O)(=O)c1ccc(C(=O)O)cc1. The topological polar surface area (TPSA) is 89.3 Å². The van der Waals surface area contributed by atoms with Crippen LogP contribution < -0.4 is 0 Å². The molecule has 8 heteroatoms. The lowest BCUT2D eigenvalue weighted by atomic mass is 10.2. The van der Waals surface area contributed by atoms with E-state index in [0.29, 0.717) is 11.3 Å². The summed E-state index contributed by atoms with van der Waals surface area (Å²) in [5.41, 5.74) is 1.03. The zero-order valence-electron chi connectivity index (χ0n) is 11.4. The predicted molar refractivity (Wildman–Crippen MR) is 77.2 cm³/mol. The van der Waals surface area contributed by atoms with Gasteiger partial charge in [0.25, 0.3) is 0 Å². The minimum atomic E-state index is -3.62. The van der Waals surface area contributed by atoms with E-state index in [0.717, 1.165) is 0 Å². The van der Waals surface area contributed by atoms with E-state index in [2.05, 4.69) is 5.10 Å². The number of nitrogens with zero attached hydrogens (tertiary/aromatic N) is 2. The van der Waals surface area contributed by atoms with Crippen LogP contribution in [0.25, 0.3) is 0 Å². The lowest BCUT2D eigenvalue weighted by molar-refractivity contribution is 0.0696. The molecule has 0 aliphatic carbocycles. The number of rotatable bonds is 4. The third-order valence-electron chi connectivity index (χ3n) is 3.06. The van der Waals surface area contributed by atoms with Crippen LogP contribution in [0.1, 0.15) is 21.6 Å². The highest BCUT2D eigenvalue weighted by Crippen LogP contribution is 2.24. The third-order valence-corrected chi connectivity index (χ3v) is 5.20. The van der Waals surface area contributed by atoms with Gasteiger partial charge in [-0.2, -0.15) is 5.10 Å². The monoisotopic (exact) mass is 328 g/mol. The summed E-state index contributed by atoms with van der Waals surface area (Å²) in [7, 11) is -1.99. The van der Waals surface area contributed by atoms with Crippen molar-refractivity contribution in [3.63, 3.8) is 0 Å². The normalized spacial score (nSPS) is 11.6. The lowest BCUT2D eigenvalue weighted by Crippen LogP contribution is -2.06. The van der Waals surface area contributed by atoms with Crippen molar-refractivity contribution in [3.8, 4) is 0 Å². The fourth-order valence-electron chi connectivity index (χ4n) is 1.92. The number of carbonyl (C=O) groups is 1. The van der Waals surface area contributed by atoms with Crippen LogP contribution in [0.2, 0.25) is 5.15 Å². The molecule has 6 nitrogen and oxygen atoms in total. The van der Waals surface area contributed by atoms with Crippen molar-refractivity contribution in [3.05, 3.63) is 46.2 Å². The molecule has 1 N–H and O–H groups in total. The van der Waals surface area contributed by atoms with Crippen LogP contribution in [0.4, 0.5) is 0 Å². The Morgan fingerprint density at radius 3 is 2.33 bits per heavy atom. The Bertz CT molecular complexity index is 794. The van der Waals surface area contributed by atoms with Gasteiger partial charge in [-0.1, -0.05) is 11.6 Å². The first-order valence-electron chi connectivity index (χ1n) is 5.96. The lowest BCUT2D eigenvalue weighted by Gasteiger charge is -2.05. The molecule has 0 atom stereocenters. The molecule has 2 rings (SSSR count). The van der Waals surface area contributed by atoms with Gasteiger partial charge in [0.05, 0.1) is 21.9 Å². The first-order valence-corrected chi connectivity index (χ1v) is 7.99. The Morgan fingerprint density at radius 1 is 1.33 bits per heavy atom. The Morgan fingerprint density at radius 2 is 1.90 bits per heavy atom. The van der Waals surface area contributed by atoms with Crippen molar-refractivity contribution in [2.45, 2.75) is 17.6 Å². The van der Waals surface area contributed by atoms with Gasteiger partial charge in [-0.25, -0.2) is 13.2 Å². The molecule has 0 unspecified atom stereocenters. The molecule has 0 radical (unpaired) electrons. The highest BCUT2D eigenvalue weighted by Gasteiger charge is 2.21. The number of carboxylic acids is 1. The van der Waals surface area contributed by atoms with Crippen molar-refractivity contribution in [1.82, 2.24) is 9.78 Å². The van der Waals surface area contributed by atoms with E-state index in [1.165, 1.54) is 28.9 Å². The fraction of sp³-hybridized carbons (Fsp3) is 0.231. The van der Waals surface area contributed by atoms with Gasteiger partial charge in [-0.3, -0.25) is 4.68 Å². The van der Waals surface area contributed by atoms with Crippen LogP contribution in [-0.4, -0.2) is 29.3 Å². The Labute approximate surface area is 126 Å². The summed E-state index contributed by atoms with van der Waals surface area (Å²) in [6.45, 7) is 1.68. The largest absolute Gasteiger partial charge is 0.478 e. The molecule has 0 spiro atoms. The Hall–Kier alpha value is -1.86. The second-order valence-corrected chi connectivity index (χ2v) is 6.91. The van der Waals surface area contributed by atoms with E-state index in [9.17, 15) is 13.2 Å². The van der Waals surface area contributed by atoms with Crippen molar-refractivity contribution in [2.75, 3.05) is 0 Å². The van der Waals surface area contributed by atoms with Crippen molar-refractivity contribution in [1.29, 1.82) is 0 Å². The fourth-order valence-corrected chi connectivity index (χ4v) is 3.68. The number of hydrogen-bond acceptors (Lipinski definition) is 4. The average Bonchev–Trinajstić information content (AvgIpc) is 2.65. The van der Waals surface area contributed by atoms with Crippen LogP contribution in [0.5, 0.6) is 0 Å². The highest BCUT2D eigenvalue weighted by molar-refractivity contribution is 7.90. The van der Waals surface area contributed by atoms with Crippen LogP contribution in [0, 0.1) is 6.92 Å². The molecule has 0 bridgehead atoms. The number of halogens is 1. The van der Waals surface area contributed by atoms with Gasteiger partial charge in [0.1, 0.15) is 5.15 Å². The van der Waals surface area contributed by atoms with Crippen molar-refractivity contribution < 1.29 is 18.3 Å². The van der Waals surface area contributed by atoms with E-state index < -0.39 is 15.8 Å². The van der Waals surface area contributed by atoms with Crippen molar-refractivity contribution in [2.24, 2.45) is 7.05 Å². The first kappa shape index (κ1) is 15.5.